The number of aromatic nitrogens is 1. The summed E-state index contributed by atoms with van der Waals surface area (Å²) in [6, 6.07) is 9.97. The van der Waals surface area contributed by atoms with Crippen LogP contribution in [0.3, 0.4) is 0 Å². The van der Waals surface area contributed by atoms with Crippen molar-refractivity contribution < 1.29 is 4.42 Å². The van der Waals surface area contributed by atoms with Crippen LogP contribution >= 0.6 is 0 Å². The Morgan fingerprint density at radius 3 is 2.78 bits per heavy atom. The first-order valence-corrected chi connectivity index (χ1v) is 6.07. The fraction of sp³-hybridized carbons (Fsp3) is 0.357. The number of pyridine rings is 1. The molecule has 0 aliphatic carbocycles. The molecule has 1 atom stereocenters. The highest BCUT2D eigenvalue weighted by molar-refractivity contribution is 5.11. The maximum absolute atomic E-state index is 5.83. The van der Waals surface area contributed by atoms with Crippen LogP contribution in [-0.2, 0) is 6.54 Å². The van der Waals surface area contributed by atoms with Gasteiger partial charge < -0.3 is 10.2 Å². The molecule has 0 amide bonds. The van der Waals surface area contributed by atoms with Gasteiger partial charge in [0.25, 0.3) is 0 Å². The topological polar surface area (TPSA) is 55.3 Å². The van der Waals surface area contributed by atoms with E-state index in [1.54, 1.807) is 6.26 Å². The summed E-state index contributed by atoms with van der Waals surface area (Å²) in [6.45, 7) is 3.27. The van der Waals surface area contributed by atoms with Crippen LogP contribution in [0.15, 0.2) is 41.0 Å². The molecule has 2 aromatic rings. The molecule has 96 valence electrons. The van der Waals surface area contributed by atoms with E-state index in [0.717, 1.165) is 23.7 Å². The number of furan rings is 1. The minimum Gasteiger partial charge on any atom is -0.468 e. The second-order valence-corrected chi connectivity index (χ2v) is 4.45. The van der Waals surface area contributed by atoms with Crippen LogP contribution in [0.1, 0.15) is 23.2 Å². The first kappa shape index (κ1) is 12.8. The van der Waals surface area contributed by atoms with Gasteiger partial charge in [-0.15, -0.1) is 0 Å². The van der Waals surface area contributed by atoms with Gasteiger partial charge >= 0.3 is 0 Å². The van der Waals surface area contributed by atoms with E-state index in [4.69, 9.17) is 10.2 Å². The highest BCUT2D eigenvalue weighted by atomic mass is 16.3. The average Bonchev–Trinajstić information content (AvgIpc) is 2.83. The predicted octanol–water partition coefficient (Wildman–Crippen LogP) is 2.11. The Bertz CT molecular complexity index is 482. The van der Waals surface area contributed by atoms with Crippen molar-refractivity contribution in [1.82, 2.24) is 9.88 Å². The molecule has 1 unspecified atom stereocenters. The summed E-state index contributed by atoms with van der Waals surface area (Å²) >= 11 is 0. The minimum atomic E-state index is 0.0855. The molecule has 2 heterocycles. The zero-order valence-corrected chi connectivity index (χ0v) is 10.8. The van der Waals surface area contributed by atoms with Gasteiger partial charge in [0.15, 0.2) is 0 Å². The molecule has 0 spiro atoms. The third kappa shape index (κ3) is 2.97. The maximum atomic E-state index is 5.83. The van der Waals surface area contributed by atoms with Gasteiger partial charge in [-0.05, 0) is 38.2 Å². The Morgan fingerprint density at radius 2 is 2.17 bits per heavy atom. The molecule has 4 nitrogen and oxygen atoms in total. The van der Waals surface area contributed by atoms with Crippen molar-refractivity contribution in [2.45, 2.75) is 19.5 Å². The molecule has 0 saturated carbocycles. The summed E-state index contributed by atoms with van der Waals surface area (Å²) in [5, 5.41) is 0. The molecule has 0 aliphatic heterocycles. The van der Waals surface area contributed by atoms with Crippen molar-refractivity contribution in [2.24, 2.45) is 5.73 Å². The van der Waals surface area contributed by atoms with E-state index in [1.165, 1.54) is 0 Å². The van der Waals surface area contributed by atoms with E-state index in [0.29, 0.717) is 6.54 Å². The van der Waals surface area contributed by atoms with Crippen LogP contribution in [0.25, 0.3) is 0 Å². The number of nitrogens with two attached hydrogens (primary N) is 1. The van der Waals surface area contributed by atoms with Crippen LogP contribution in [0.5, 0.6) is 0 Å². The molecular formula is C14H19N3O. The summed E-state index contributed by atoms with van der Waals surface area (Å²) in [4.78, 5) is 6.65. The maximum Gasteiger partial charge on any atom is 0.122 e. The van der Waals surface area contributed by atoms with Gasteiger partial charge in [0.1, 0.15) is 5.76 Å². The highest BCUT2D eigenvalue weighted by Crippen LogP contribution is 2.20. The highest BCUT2D eigenvalue weighted by Gasteiger charge is 2.18. The van der Waals surface area contributed by atoms with E-state index in [1.807, 2.05) is 44.3 Å². The molecular weight excluding hydrogens is 226 g/mol. The number of rotatable bonds is 5. The number of likely N-dealkylation sites (N-methyl/N-ethyl adjacent to an activating group) is 1. The van der Waals surface area contributed by atoms with Gasteiger partial charge in [0, 0.05) is 18.8 Å². The van der Waals surface area contributed by atoms with Crippen molar-refractivity contribution in [3.8, 4) is 0 Å². The molecule has 0 fully saturated rings. The number of aryl methyl sites for hydroxylation is 1. The van der Waals surface area contributed by atoms with E-state index >= 15 is 0 Å². The average molecular weight is 245 g/mol. The zero-order chi connectivity index (χ0) is 13.0. The van der Waals surface area contributed by atoms with Crippen LogP contribution in [0.2, 0.25) is 0 Å². The van der Waals surface area contributed by atoms with Crippen molar-refractivity contribution in [1.29, 1.82) is 0 Å². The van der Waals surface area contributed by atoms with Crippen LogP contribution in [-0.4, -0.2) is 23.5 Å². The van der Waals surface area contributed by atoms with Gasteiger partial charge in [0.05, 0.1) is 18.0 Å². The van der Waals surface area contributed by atoms with Gasteiger partial charge in [-0.1, -0.05) is 6.07 Å². The standard InChI is InChI=1S/C14H19N3O/c1-11-5-3-6-12(16-11)10-17(2)13(9-15)14-7-4-8-18-14/h3-8,13H,9-10,15H2,1-2H3. The summed E-state index contributed by atoms with van der Waals surface area (Å²) in [6.07, 6.45) is 1.68. The SMILES string of the molecule is Cc1cccc(CN(C)C(CN)c2ccco2)n1. The van der Waals surface area contributed by atoms with E-state index in [-0.39, 0.29) is 6.04 Å². The Kier molecular flexibility index (Phi) is 4.12. The van der Waals surface area contributed by atoms with Crippen LogP contribution in [0, 0.1) is 6.92 Å². The van der Waals surface area contributed by atoms with Crippen molar-refractivity contribution in [3.63, 3.8) is 0 Å². The van der Waals surface area contributed by atoms with E-state index in [2.05, 4.69) is 9.88 Å². The van der Waals surface area contributed by atoms with Crippen LogP contribution < -0.4 is 5.73 Å². The largest absolute Gasteiger partial charge is 0.468 e. The molecule has 0 saturated heterocycles. The van der Waals surface area contributed by atoms with Gasteiger partial charge in [0.2, 0.25) is 0 Å². The molecule has 2 aromatic heterocycles. The molecule has 18 heavy (non-hydrogen) atoms. The monoisotopic (exact) mass is 245 g/mol. The Balaban J connectivity index is 2.08. The smallest absolute Gasteiger partial charge is 0.122 e. The summed E-state index contributed by atoms with van der Waals surface area (Å²) in [5.74, 6) is 0.896. The molecule has 0 aliphatic rings. The predicted molar refractivity (Wildman–Crippen MR) is 70.9 cm³/mol. The quantitative estimate of drug-likeness (QED) is 0.876. The Labute approximate surface area is 107 Å². The number of nitrogens with zero attached hydrogens (tertiary/aromatic N) is 2. The third-order valence-corrected chi connectivity index (χ3v) is 2.98. The molecule has 0 bridgehead atoms. The van der Waals surface area contributed by atoms with Gasteiger partial charge in [-0.3, -0.25) is 9.88 Å². The summed E-state index contributed by atoms with van der Waals surface area (Å²) < 4.78 is 5.43. The molecule has 0 radical (unpaired) electrons. The lowest BCUT2D eigenvalue weighted by molar-refractivity contribution is 0.210. The fourth-order valence-electron chi connectivity index (χ4n) is 2.05. The fourth-order valence-corrected chi connectivity index (χ4v) is 2.05. The summed E-state index contributed by atoms with van der Waals surface area (Å²) in [7, 11) is 2.03. The van der Waals surface area contributed by atoms with E-state index < -0.39 is 0 Å². The number of hydrogen-bond donors (Lipinski definition) is 1. The summed E-state index contributed by atoms with van der Waals surface area (Å²) in [5.41, 5.74) is 7.90. The van der Waals surface area contributed by atoms with Crippen LogP contribution in [0.4, 0.5) is 0 Å². The zero-order valence-electron chi connectivity index (χ0n) is 10.8. The first-order chi connectivity index (χ1) is 8.70. The molecule has 0 aromatic carbocycles. The van der Waals surface area contributed by atoms with Crippen molar-refractivity contribution in [3.05, 3.63) is 53.7 Å². The van der Waals surface area contributed by atoms with E-state index in [9.17, 15) is 0 Å². The molecule has 4 heteroatoms. The lowest BCUT2D eigenvalue weighted by Crippen LogP contribution is -2.30. The van der Waals surface area contributed by atoms with Crippen molar-refractivity contribution >= 4 is 0 Å². The second kappa shape index (κ2) is 5.80. The lowest BCUT2D eigenvalue weighted by atomic mass is 10.2. The number of hydrogen-bond acceptors (Lipinski definition) is 4. The first-order valence-electron chi connectivity index (χ1n) is 6.07. The Hall–Kier alpha value is -1.65. The van der Waals surface area contributed by atoms with Gasteiger partial charge in [-0.2, -0.15) is 0 Å². The minimum absolute atomic E-state index is 0.0855. The normalized spacial score (nSPS) is 12.9. The van der Waals surface area contributed by atoms with Gasteiger partial charge in [-0.25, -0.2) is 0 Å². The third-order valence-electron chi connectivity index (χ3n) is 2.98. The molecule has 2 N–H and O–H groups in total. The molecule has 2 rings (SSSR count). The Morgan fingerprint density at radius 1 is 1.33 bits per heavy atom. The van der Waals surface area contributed by atoms with Crippen molar-refractivity contribution in [2.75, 3.05) is 13.6 Å². The second-order valence-electron chi connectivity index (χ2n) is 4.45. The lowest BCUT2D eigenvalue weighted by Gasteiger charge is -2.24.